The molecule has 5 aromatic rings. The minimum absolute atomic E-state index is 0. The van der Waals surface area contributed by atoms with E-state index in [9.17, 15) is 0 Å². The third kappa shape index (κ3) is 4.48. The summed E-state index contributed by atoms with van der Waals surface area (Å²) in [6.45, 7) is 4.61. The van der Waals surface area contributed by atoms with Crippen LogP contribution >= 0.6 is 0 Å². The van der Waals surface area contributed by atoms with Gasteiger partial charge in [-0.05, 0) is 22.7 Å². The largest absolute Gasteiger partial charge is 0.494 e. The first-order valence-corrected chi connectivity index (χ1v) is 12.5. The average Bonchev–Trinajstić information content (AvgIpc) is 3.41. The Bertz CT molecular complexity index is 1640. The van der Waals surface area contributed by atoms with Crippen molar-refractivity contribution in [2.75, 3.05) is 7.05 Å². The van der Waals surface area contributed by atoms with E-state index in [0.717, 1.165) is 22.6 Å². The molecule has 187 valence electrons. The number of benzene rings is 4. The second-order valence-corrected chi connectivity index (χ2v) is 9.79. The van der Waals surface area contributed by atoms with Crippen LogP contribution in [0.15, 0.2) is 109 Å². The summed E-state index contributed by atoms with van der Waals surface area (Å²) in [5.41, 5.74) is 10.7. The minimum atomic E-state index is 0. The monoisotopic (exact) mass is 670 g/mol. The molecule has 7 rings (SSSR count). The number of aromatic nitrogens is 1. The Labute approximate surface area is 237 Å². The normalized spacial score (nSPS) is 13.6. The fourth-order valence-corrected chi connectivity index (χ4v) is 5.21. The SMILES string of the molecule is C[N+]1=C=[N+](c2[c-]cc3c(c2)C(C)(C)c2ccccc2-3)c2ccccc21.[Ir].[c-]1ccccc1-c1ccccn1. The van der Waals surface area contributed by atoms with Crippen LogP contribution in [0.5, 0.6) is 0 Å². The van der Waals surface area contributed by atoms with Crippen molar-refractivity contribution in [1.29, 1.82) is 0 Å². The molecule has 2 heterocycles. The van der Waals surface area contributed by atoms with E-state index in [1.165, 1.54) is 27.9 Å². The fraction of sp³-hybridized carbons (Fsp3) is 0.118. The Kier molecular flexibility index (Phi) is 7.06. The van der Waals surface area contributed by atoms with Crippen LogP contribution in [-0.2, 0) is 25.5 Å². The van der Waals surface area contributed by atoms with E-state index in [1.54, 1.807) is 6.20 Å². The standard InChI is InChI=1S/C23H19N2.C11H8N.Ir/c1-23(2)19-9-5-4-8-17(19)18-13-12-16(14-20(18)23)25-15-24(3)21-10-6-7-11-22(21)25;1-2-6-10(7-3-1)11-8-4-5-9-12-11;/h4-11,13-14H,1-3H3;1-6,8-9H;/q+1;-1;. The minimum Gasteiger partial charge on any atom is -0.305 e. The summed E-state index contributed by atoms with van der Waals surface area (Å²) in [6, 6.07) is 45.2. The first-order valence-electron chi connectivity index (χ1n) is 12.5. The van der Waals surface area contributed by atoms with Crippen LogP contribution in [0.25, 0.3) is 22.4 Å². The van der Waals surface area contributed by atoms with Gasteiger partial charge >= 0.3 is 6.01 Å². The zero-order valence-electron chi connectivity index (χ0n) is 21.6. The van der Waals surface area contributed by atoms with Gasteiger partial charge in [-0.3, -0.25) is 0 Å². The van der Waals surface area contributed by atoms with Crippen molar-refractivity contribution < 1.29 is 24.7 Å². The molecule has 0 N–H and O–H groups in total. The van der Waals surface area contributed by atoms with E-state index < -0.39 is 0 Å². The van der Waals surface area contributed by atoms with Crippen LogP contribution in [0.4, 0.5) is 17.1 Å². The molecule has 2 aliphatic rings. The van der Waals surface area contributed by atoms with Crippen molar-refractivity contribution in [3.8, 4) is 22.4 Å². The van der Waals surface area contributed by atoms with Gasteiger partial charge in [0.1, 0.15) is 5.69 Å². The van der Waals surface area contributed by atoms with Crippen molar-refractivity contribution >= 4 is 23.1 Å². The van der Waals surface area contributed by atoms with Gasteiger partial charge in [-0.25, -0.2) is 0 Å². The van der Waals surface area contributed by atoms with Crippen molar-refractivity contribution in [3.63, 3.8) is 0 Å². The van der Waals surface area contributed by atoms with E-state index in [2.05, 4.69) is 102 Å². The number of fused-ring (bicyclic) bond motifs is 4. The van der Waals surface area contributed by atoms with Gasteiger partial charge < -0.3 is 4.98 Å². The molecule has 0 unspecified atom stereocenters. The number of hydrogen-bond donors (Lipinski definition) is 0. The maximum absolute atomic E-state index is 4.22. The molecule has 4 heteroatoms. The fourth-order valence-electron chi connectivity index (χ4n) is 5.21. The third-order valence-electron chi connectivity index (χ3n) is 7.12. The van der Waals surface area contributed by atoms with Crippen LogP contribution in [0.3, 0.4) is 0 Å². The maximum Gasteiger partial charge on any atom is 0.494 e. The Hall–Kier alpha value is -3.94. The van der Waals surface area contributed by atoms with E-state index >= 15 is 0 Å². The molecule has 38 heavy (non-hydrogen) atoms. The van der Waals surface area contributed by atoms with Gasteiger partial charge in [-0.15, -0.1) is 53.1 Å². The summed E-state index contributed by atoms with van der Waals surface area (Å²) in [5.74, 6) is 0. The number of hydrogen-bond acceptors (Lipinski definition) is 1. The molecule has 0 bridgehead atoms. The van der Waals surface area contributed by atoms with Crippen LogP contribution in [0, 0.1) is 12.1 Å². The first kappa shape index (κ1) is 25.7. The molecular formula is C34H27IrN3. The number of pyridine rings is 1. The molecule has 4 aromatic carbocycles. The Morgan fingerprint density at radius 3 is 2.26 bits per heavy atom. The molecule has 0 saturated heterocycles. The summed E-state index contributed by atoms with van der Waals surface area (Å²) in [4.78, 5) is 4.22. The summed E-state index contributed by atoms with van der Waals surface area (Å²) in [5, 5.41) is 0. The van der Waals surface area contributed by atoms with Crippen molar-refractivity contribution in [3.05, 3.63) is 133 Å². The van der Waals surface area contributed by atoms with Gasteiger partial charge in [0.2, 0.25) is 0 Å². The van der Waals surface area contributed by atoms with Gasteiger partial charge in [0.05, 0.1) is 0 Å². The van der Waals surface area contributed by atoms with E-state index in [1.807, 2.05) is 54.1 Å². The molecule has 3 nitrogen and oxygen atoms in total. The Morgan fingerprint density at radius 1 is 0.763 bits per heavy atom. The zero-order valence-corrected chi connectivity index (χ0v) is 24.0. The molecular weight excluding hydrogens is 643 g/mol. The van der Waals surface area contributed by atoms with E-state index in [0.29, 0.717) is 0 Å². The molecule has 0 atom stereocenters. The maximum atomic E-state index is 4.22. The summed E-state index contributed by atoms with van der Waals surface area (Å²) < 4.78 is 4.14. The van der Waals surface area contributed by atoms with Crippen LogP contribution < -0.4 is 4.58 Å². The second-order valence-electron chi connectivity index (χ2n) is 9.79. The Morgan fingerprint density at radius 2 is 1.50 bits per heavy atom. The van der Waals surface area contributed by atoms with Crippen LogP contribution in [-0.4, -0.2) is 22.6 Å². The molecule has 1 radical (unpaired) electrons. The Balaban J connectivity index is 0.000000191. The molecule has 1 aliphatic carbocycles. The molecule has 0 fully saturated rings. The quantitative estimate of drug-likeness (QED) is 0.140. The van der Waals surface area contributed by atoms with Crippen molar-refractivity contribution in [2.24, 2.45) is 0 Å². The molecule has 0 spiro atoms. The number of rotatable bonds is 2. The van der Waals surface area contributed by atoms with E-state index in [-0.39, 0.29) is 25.5 Å². The van der Waals surface area contributed by atoms with Gasteiger partial charge in [0, 0.05) is 38.4 Å². The van der Waals surface area contributed by atoms with E-state index in [4.69, 9.17) is 0 Å². The van der Waals surface area contributed by atoms with Gasteiger partial charge in [0.15, 0.2) is 7.05 Å². The topological polar surface area (TPSA) is 18.9 Å². The zero-order chi connectivity index (χ0) is 25.4. The van der Waals surface area contributed by atoms with Crippen LogP contribution in [0.1, 0.15) is 25.0 Å². The molecule has 0 saturated carbocycles. The third-order valence-corrected chi connectivity index (χ3v) is 7.12. The summed E-state index contributed by atoms with van der Waals surface area (Å²) in [7, 11) is 2.03. The smallest absolute Gasteiger partial charge is 0.305 e. The number of para-hydroxylation sites is 2. The van der Waals surface area contributed by atoms with Crippen molar-refractivity contribution in [1.82, 2.24) is 9.56 Å². The van der Waals surface area contributed by atoms with Gasteiger partial charge in [-0.1, -0.05) is 83.2 Å². The van der Waals surface area contributed by atoms with Gasteiger partial charge in [-0.2, -0.15) is 6.07 Å². The van der Waals surface area contributed by atoms with Crippen LogP contribution in [0.2, 0.25) is 0 Å². The first-order chi connectivity index (χ1) is 18.0. The summed E-state index contributed by atoms with van der Waals surface area (Å²) in [6.07, 6.45) is 1.79. The molecule has 1 aromatic heterocycles. The predicted octanol–water partition coefficient (Wildman–Crippen LogP) is 7.64. The predicted molar refractivity (Wildman–Crippen MR) is 150 cm³/mol. The van der Waals surface area contributed by atoms with Crippen molar-refractivity contribution in [2.45, 2.75) is 19.3 Å². The summed E-state index contributed by atoms with van der Waals surface area (Å²) >= 11 is 0. The average molecular weight is 670 g/mol. The molecule has 1 aliphatic heterocycles. The molecule has 0 amide bonds. The van der Waals surface area contributed by atoms with Gasteiger partial charge in [0.25, 0.3) is 11.4 Å². The second kappa shape index (κ2) is 10.4. The number of nitrogens with zero attached hydrogens (tertiary/aromatic N) is 3.